The van der Waals surface area contributed by atoms with Gasteiger partial charge in [-0.3, -0.25) is 9.29 Å². The molecule has 3 heterocycles. The molecule has 0 saturated carbocycles. The maximum absolute atomic E-state index is 14.6. The Morgan fingerprint density at radius 3 is 2.66 bits per heavy atom. The summed E-state index contributed by atoms with van der Waals surface area (Å²) in [6.07, 6.45) is 1.39. The molecule has 3 aromatic rings. The number of nitrogens with zero attached hydrogens (tertiary/aromatic N) is 2. The second kappa shape index (κ2) is 10.0. The third-order valence-corrected chi connectivity index (χ3v) is 7.66. The van der Waals surface area contributed by atoms with Crippen LogP contribution in [0.2, 0.25) is 0 Å². The second-order valence-electron chi connectivity index (χ2n) is 10.0. The summed E-state index contributed by atoms with van der Waals surface area (Å²) >= 11 is 0. The van der Waals surface area contributed by atoms with E-state index in [0.717, 1.165) is 24.2 Å². The third kappa shape index (κ3) is 4.56. The first-order valence-corrected chi connectivity index (χ1v) is 12.8. The number of aromatic nitrogens is 1. The van der Waals surface area contributed by atoms with Crippen LogP contribution < -0.4 is 5.32 Å². The molecule has 0 spiro atoms. The van der Waals surface area contributed by atoms with Gasteiger partial charge in [0.15, 0.2) is 0 Å². The quantitative estimate of drug-likeness (QED) is 0.403. The summed E-state index contributed by atoms with van der Waals surface area (Å²) in [5.74, 6) is 0. The predicted octanol–water partition coefficient (Wildman–Crippen LogP) is 6.22. The lowest BCUT2D eigenvalue weighted by Gasteiger charge is -2.43. The fourth-order valence-electron chi connectivity index (χ4n) is 5.88. The first kappa shape index (κ1) is 23.9. The first-order chi connectivity index (χ1) is 17.0. The van der Waals surface area contributed by atoms with Gasteiger partial charge in [0.05, 0.1) is 18.8 Å². The Hall–Kier alpha value is -2.86. The Morgan fingerprint density at radius 1 is 1.14 bits per heavy atom. The van der Waals surface area contributed by atoms with Crippen molar-refractivity contribution in [3.8, 4) is 0 Å². The third-order valence-electron chi connectivity index (χ3n) is 7.66. The average Bonchev–Trinajstić information content (AvgIpc) is 3.41. The lowest BCUT2D eigenvalue weighted by molar-refractivity contribution is 0.196. The Bertz CT molecular complexity index is 1170. The molecule has 1 fully saturated rings. The molecule has 4 nitrogen and oxygen atoms in total. The van der Waals surface area contributed by atoms with Crippen LogP contribution in [-0.4, -0.2) is 59.3 Å². The topological polar surface area (TPSA) is 34.3 Å². The van der Waals surface area contributed by atoms with Crippen LogP contribution in [-0.2, 0) is 6.42 Å². The molecule has 1 saturated heterocycles. The maximum Gasteiger partial charge on any atom is 0.134 e. The summed E-state index contributed by atoms with van der Waals surface area (Å²) in [5.41, 5.74) is 7.04. The number of alkyl halides is 2. The summed E-state index contributed by atoms with van der Waals surface area (Å²) in [4.78, 5) is 8.18. The minimum atomic E-state index is -0.953. The van der Waals surface area contributed by atoms with E-state index in [1.807, 2.05) is 4.90 Å². The van der Waals surface area contributed by atoms with Crippen LogP contribution in [0.15, 0.2) is 60.8 Å². The van der Waals surface area contributed by atoms with Crippen LogP contribution in [0.25, 0.3) is 10.9 Å². The Labute approximate surface area is 207 Å². The van der Waals surface area contributed by atoms with Gasteiger partial charge in [-0.2, -0.15) is 0 Å². The van der Waals surface area contributed by atoms with Gasteiger partial charge in [0.1, 0.15) is 6.17 Å². The molecule has 4 atom stereocenters. The summed E-state index contributed by atoms with van der Waals surface area (Å²) in [5, 5.41) is 4.67. The number of hydrogen-bond donors (Lipinski definition) is 2. The van der Waals surface area contributed by atoms with Crippen LogP contribution >= 0.6 is 0 Å². The lowest BCUT2D eigenvalue weighted by atomic mass is 9.88. The van der Waals surface area contributed by atoms with Crippen molar-refractivity contribution < 1.29 is 8.78 Å². The summed E-state index contributed by atoms with van der Waals surface area (Å²) < 4.78 is 27.1. The Morgan fingerprint density at radius 2 is 1.91 bits per heavy atom. The maximum atomic E-state index is 14.6. The van der Waals surface area contributed by atoms with Gasteiger partial charge >= 0.3 is 0 Å². The molecule has 0 amide bonds. The molecule has 186 valence electrons. The van der Waals surface area contributed by atoms with Gasteiger partial charge in [-0.05, 0) is 55.5 Å². The summed E-state index contributed by atoms with van der Waals surface area (Å²) in [6.45, 7) is 10.1. The number of rotatable bonds is 8. The van der Waals surface area contributed by atoms with E-state index in [9.17, 15) is 8.78 Å². The van der Waals surface area contributed by atoms with E-state index >= 15 is 0 Å². The van der Waals surface area contributed by atoms with E-state index < -0.39 is 6.17 Å². The van der Waals surface area contributed by atoms with Crippen molar-refractivity contribution in [2.75, 3.05) is 31.6 Å². The fraction of sp³-hybridized carbons (Fsp3) is 0.448. The highest BCUT2D eigenvalue weighted by Gasteiger charge is 2.36. The highest BCUT2D eigenvalue weighted by atomic mass is 19.1. The SMILES string of the molecule is C=C(CC)N1[C@H](c2ccc(N[C@H]3CN(CCCF)C[C@H]3F)cc2)c2[nH]c3ccccc3c2C[C@H]1C. The van der Waals surface area contributed by atoms with Crippen molar-refractivity contribution in [1.82, 2.24) is 14.8 Å². The van der Waals surface area contributed by atoms with E-state index in [-0.39, 0.29) is 18.8 Å². The molecule has 0 radical (unpaired) electrons. The monoisotopic (exact) mass is 478 g/mol. The molecule has 5 rings (SSSR count). The van der Waals surface area contributed by atoms with E-state index in [1.165, 1.54) is 27.7 Å². The van der Waals surface area contributed by atoms with E-state index in [1.54, 1.807) is 0 Å². The number of anilines is 1. The molecular formula is C29H36F2N4. The van der Waals surface area contributed by atoms with Gasteiger partial charge in [-0.15, -0.1) is 0 Å². The minimum absolute atomic E-state index is 0.0549. The van der Waals surface area contributed by atoms with E-state index in [4.69, 9.17) is 0 Å². The highest BCUT2D eigenvalue weighted by Crippen LogP contribution is 2.43. The van der Waals surface area contributed by atoms with Gasteiger partial charge in [0, 0.05) is 53.7 Å². The van der Waals surface area contributed by atoms with Crippen molar-refractivity contribution in [3.05, 3.63) is 77.6 Å². The second-order valence-corrected chi connectivity index (χ2v) is 10.0. The number of benzene rings is 2. The summed E-state index contributed by atoms with van der Waals surface area (Å²) in [6, 6.07) is 17.1. The van der Waals surface area contributed by atoms with Gasteiger partial charge in [-0.1, -0.05) is 43.8 Å². The molecule has 0 unspecified atom stereocenters. The number of hydrogen-bond acceptors (Lipinski definition) is 3. The average molecular weight is 479 g/mol. The van der Waals surface area contributed by atoms with Crippen molar-refractivity contribution in [3.63, 3.8) is 0 Å². The molecule has 35 heavy (non-hydrogen) atoms. The first-order valence-electron chi connectivity index (χ1n) is 12.8. The molecule has 1 aromatic heterocycles. The Kier molecular flexibility index (Phi) is 6.83. The van der Waals surface area contributed by atoms with E-state index in [2.05, 4.69) is 84.2 Å². The largest absolute Gasteiger partial charge is 0.378 e. The fourth-order valence-corrected chi connectivity index (χ4v) is 5.88. The van der Waals surface area contributed by atoms with Crippen molar-refractivity contribution in [1.29, 1.82) is 0 Å². The van der Waals surface area contributed by atoms with Crippen molar-refractivity contribution in [2.45, 2.75) is 57.4 Å². The number of nitrogens with one attached hydrogen (secondary N) is 2. The molecule has 2 aromatic carbocycles. The molecule has 6 heteroatoms. The van der Waals surface area contributed by atoms with Crippen molar-refractivity contribution in [2.24, 2.45) is 0 Å². The zero-order valence-electron chi connectivity index (χ0n) is 20.7. The number of fused-ring (bicyclic) bond motifs is 3. The molecule has 2 N–H and O–H groups in total. The number of halogens is 2. The predicted molar refractivity (Wildman–Crippen MR) is 140 cm³/mol. The molecule has 2 aliphatic rings. The van der Waals surface area contributed by atoms with Crippen molar-refractivity contribution >= 4 is 16.6 Å². The standard InChI is InChI=1S/C29H36F2N4/c1-4-19(2)35-20(3)16-24-23-8-5-6-9-26(23)33-28(24)29(35)21-10-12-22(13-11-21)32-27-18-34(15-7-14-30)17-25(27)31/h5-6,8-13,20,25,27,29,32-33H,2,4,7,14-18H2,1,3H3/t20-,25-,27+,29-/m1/s1. The number of para-hydroxylation sites is 1. The molecule has 0 aliphatic carbocycles. The smallest absolute Gasteiger partial charge is 0.134 e. The zero-order valence-corrected chi connectivity index (χ0v) is 20.7. The van der Waals surface area contributed by atoms with Gasteiger partial charge < -0.3 is 15.2 Å². The number of H-pyrrole nitrogens is 1. The summed E-state index contributed by atoms with van der Waals surface area (Å²) in [7, 11) is 0. The van der Waals surface area contributed by atoms with Crippen LogP contribution in [0.3, 0.4) is 0 Å². The molecular weight excluding hydrogens is 442 g/mol. The van der Waals surface area contributed by atoms with Crippen LogP contribution in [0.4, 0.5) is 14.5 Å². The minimum Gasteiger partial charge on any atom is -0.378 e. The van der Waals surface area contributed by atoms with Gasteiger partial charge in [0.25, 0.3) is 0 Å². The lowest BCUT2D eigenvalue weighted by Crippen LogP contribution is -2.41. The van der Waals surface area contributed by atoms with E-state index in [0.29, 0.717) is 32.1 Å². The van der Waals surface area contributed by atoms with Crippen LogP contribution in [0.5, 0.6) is 0 Å². The van der Waals surface area contributed by atoms with Crippen LogP contribution in [0.1, 0.15) is 49.6 Å². The molecule has 0 bridgehead atoms. The highest BCUT2D eigenvalue weighted by molar-refractivity contribution is 5.85. The zero-order chi connectivity index (χ0) is 24.5. The number of likely N-dealkylation sites (tertiary alicyclic amines) is 1. The number of allylic oxidation sites excluding steroid dienone is 1. The van der Waals surface area contributed by atoms with Gasteiger partial charge in [-0.25, -0.2) is 4.39 Å². The van der Waals surface area contributed by atoms with Crippen LogP contribution in [0, 0.1) is 0 Å². The van der Waals surface area contributed by atoms with Gasteiger partial charge in [0.2, 0.25) is 0 Å². The normalized spacial score (nSPS) is 24.6. The Balaban J connectivity index is 1.42. The molecule has 2 aliphatic heterocycles. The number of aromatic amines is 1.